The van der Waals surface area contributed by atoms with E-state index in [2.05, 4.69) is 13.8 Å². The van der Waals surface area contributed by atoms with Gasteiger partial charge in [0.1, 0.15) is 32.5 Å². The van der Waals surface area contributed by atoms with Crippen molar-refractivity contribution in [3.63, 3.8) is 0 Å². The second-order valence-corrected chi connectivity index (χ2v) is 15.4. The predicted octanol–water partition coefficient (Wildman–Crippen LogP) is 9.68. The number of carbonyl (C=O) groups is 2. The average Bonchev–Trinajstić information content (AvgIpc) is 2.99. The van der Waals surface area contributed by atoms with Crippen LogP contribution in [0.25, 0.3) is 0 Å². The Hall–Kier alpha value is -0.990. The number of ether oxygens (including phenoxy) is 2. The molecule has 0 rings (SSSR count). The molecule has 1 atom stereocenters. The lowest BCUT2D eigenvalue weighted by Gasteiger charge is -2.25. The summed E-state index contributed by atoms with van der Waals surface area (Å²) in [4.78, 5) is 35.0. The number of likely N-dealkylation sites (N-methyl/N-ethyl adjacent to an activating group) is 1. The molecule has 46 heavy (non-hydrogen) atoms. The Morgan fingerprint density at radius 2 is 0.913 bits per heavy atom. The van der Waals surface area contributed by atoms with Crippen LogP contribution in [0.5, 0.6) is 0 Å². The van der Waals surface area contributed by atoms with Gasteiger partial charge in [-0.25, -0.2) is 4.57 Å². The first-order valence-corrected chi connectivity index (χ1v) is 20.3. The zero-order valence-corrected chi connectivity index (χ0v) is 31.5. The van der Waals surface area contributed by atoms with Crippen LogP contribution in [-0.2, 0) is 32.7 Å². The molecule has 0 aromatic heterocycles. The second kappa shape index (κ2) is 30.1. The molecular formula is C36H73NO8P+. The fourth-order valence-electron chi connectivity index (χ4n) is 5.14. The van der Waals surface area contributed by atoms with Crippen LogP contribution in [0, 0.1) is 0 Å². The lowest BCUT2D eigenvalue weighted by atomic mass is 10.1. The number of hydrogen-bond donors (Lipinski definition) is 1. The van der Waals surface area contributed by atoms with E-state index in [1.54, 1.807) is 0 Å². The Balaban J connectivity index is 4.40. The third kappa shape index (κ3) is 32.9. The molecular weight excluding hydrogens is 605 g/mol. The summed E-state index contributed by atoms with van der Waals surface area (Å²) in [5, 5.41) is 0. The molecule has 0 heterocycles. The van der Waals surface area contributed by atoms with E-state index in [4.69, 9.17) is 18.5 Å². The standard InChI is InChI=1S/C36H72NO8P/c1-6-8-10-12-14-16-18-20-22-24-26-28-35(38)42-32-34(45-46(40,41)44-31-30-37(3,4)5)33-43-36(39)29-27-25-23-21-19-17-15-13-11-9-7-2/h34H,6-33H2,1-5H3/p+1. The van der Waals surface area contributed by atoms with E-state index < -0.39 is 25.9 Å². The number of esters is 2. The summed E-state index contributed by atoms with van der Waals surface area (Å²) >= 11 is 0. The highest BCUT2D eigenvalue weighted by molar-refractivity contribution is 7.47. The van der Waals surface area contributed by atoms with Crippen molar-refractivity contribution in [2.24, 2.45) is 0 Å². The molecule has 0 aromatic carbocycles. The predicted molar refractivity (Wildman–Crippen MR) is 188 cm³/mol. The van der Waals surface area contributed by atoms with Crippen molar-refractivity contribution in [1.82, 2.24) is 0 Å². The number of unbranched alkanes of at least 4 members (excludes halogenated alkanes) is 20. The van der Waals surface area contributed by atoms with Crippen molar-refractivity contribution in [3.8, 4) is 0 Å². The molecule has 0 aromatic rings. The molecule has 0 saturated heterocycles. The van der Waals surface area contributed by atoms with E-state index in [1.807, 2.05) is 21.1 Å². The number of phosphoric acid groups is 1. The van der Waals surface area contributed by atoms with Crippen LogP contribution < -0.4 is 0 Å². The molecule has 0 aliphatic rings. The van der Waals surface area contributed by atoms with E-state index in [9.17, 15) is 19.0 Å². The minimum absolute atomic E-state index is 0.0152. The third-order valence-corrected chi connectivity index (χ3v) is 9.20. The monoisotopic (exact) mass is 679 g/mol. The molecule has 1 N–H and O–H groups in total. The molecule has 9 nitrogen and oxygen atoms in total. The Kier molecular flexibility index (Phi) is 29.4. The van der Waals surface area contributed by atoms with Gasteiger partial charge in [0.15, 0.2) is 0 Å². The van der Waals surface area contributed by atoms with Crippen molar-refractivity contribution < 1.29 is 42.1 Å². The van der Waals surface area contributed by atoms with Gasteiger partial charge in [-0.2, -0.15) is 0 Å². The highest BCUT2D eigenvalue weighted by atomic mass is 31.2. The first kappa shape index (κ1) is 45.0. The van der Waals surface area contributed by atoms with Crippen LogP contribution in [-0.4, -0.2) is 74.9 Å². The maximum Gasteiger partial charge on any atom is 0.472 e. The fraction of sp³-hybridized carbons (Fsp3) is 0.944. The minimum atomic E-state index is -4.44. The van der Waals surface area contributed by atoms with Crippen LogP contribution >= 0.6 is 7.82 Å². The number of quaternary nitrogens is 1. The highest BCUT2D eigenvalue weighted by Crippen LogP contribution is 2.44. The largest absolute Gasteiger partial charge is 0.472 e. The van der Waals surface area contributed by atoms with Gasteiger partial charge in [-0.1, -0.05) is 142 Å². The molecule has 10 heteroatoms. The summed E-state index contributed by atoms with van der Waals surface area (Å²) in [5.41, 5.74) is 0. The number of phosphoric ester groups is 1. The molecule has 0 radical (unpaired) electrons. The van der Waals surface area contributed by atoms with Crippen LogP contribution in [0.4, 0.5) is 0 Å². The van der Waals surface area contributed by atoms with E-state index in [0.717, 1.165) is 38.5 Å². The van der Waals surface area contributed by atoms with Gasteiger partial charge in [0.05, 0.1) is 21.1 Å². The first-order chi connectivity index (χ1) is 22.0. The molecule has 274 valence electrons. The number of nitrogens with zero attached hydrogens (tertiary/aromatic N) is 1. The lowest BCUT2D eigenvalue weighted by Crippen LogP contribution is -2.37. The van der Waals surface area contributed by atoms with Gasteiger partial charge >= 0.3 is 19.8 Å². The summed E-state index contributed by atoms with van der Waals surface area (Å²) in [6, 6.07) is 0. The van der Waals surface area contributed by atoms with Gasteiger partial charge in [0.25, 0.3) is 0 Å². The van der Waals surface area contributed by atoms with Crippen molar-refractivity contribution in [3.05, 3.63) is 0 Å². The smallest absolute Gasteiger partial charge is 0.463 e. The summed E-state index contributed by atoms with van der Waals surface area (Å²) < 4.78 is 34.3. The Bertz CT molecular complexity index is 732. The van der Waals surface area contributed by atoms with Crippen LogP contribution in [0.2, 0.25) is 0 Å². The normalized spacial score (nSPS) is 13.2. The quantitative estimate of drug-likeness (QED) is 0.0310. The van der Waals surface area contributed by atoms with Crippen molar-refractivity contribution >= 4 is 19.8 Å². The molecule has 0 saturated carbocycles. The maximum atomic E-state index is 12.6. The van der Waals surface area contributed by atoms with Crippen LogP contribution in [0.1, 0.15) is 168 Å². The molecule has 1 unspecified atom stereocenters. The van der Waals surface area contributed by atoms with Gasteiger partial charge in [-0.15, -0.1) is 0 Å². The zero-order valence-electron chi connectivity index (χ0n) is 30.6. The molecule has 0 spiro atoms. The number of rotatable bonds is 34. The minimum Gasteiger partial charge on any atom is -0.463 e. The van der Waals surface area contributed by atoms with Gasteiger partial charge in [0, 0.05) is 12.8 Å². The number of carbonyl (C=O) groups excluding carboxylic acids is 2. The lowest BCUT2D eigenvalue weighted by molar-refractivity contribution is -0.870. The first-order valence-electron chi connectivity index (χ1n) is 18.8. The molecule has 0 amide bonds. The Morgan fingerprint density at radius 1 is 0.587 bits per heavy atom. The molecule has 0 aliphatic heterocycles. The van der Waals surface area contributed by atoms with Gasteiger partial charge < -0.3 is 18.9 Å². The Morgan fingerprint density at radius 3 is 1.24 bits per heavy atom. The van der Waals surface area contributed by atoms with E-state index in [-0.39, 0.29) is 32.7 Å². The highest BCUT2D eigenvalue weighted by Gasteiger charge is 2.29. The van der Waals surface area contributed by atoms with Crippen LogP contribution in [0.15, 0.2) is 0 Å². The summed E-state index contributed by atoms with van der Waals surface area (Å²) in [5.74, 6) is -0.786. The summed E-state index contributed by atoms with van der Waals surface area (Å²) in [6.45, 7) is 4.41. The fourth-order valence-corrected chi connectivity index (χ4v) is 6.01. The summed E-state index contributed by atoms with van der Waals surface area (Å²) in [6.07, 6.45) is 25.7. The SMILES string of the molecule is CCCCCCCCCCCCCC(=O)OCC(COC(=O)CCCCCCCCCCCCC)OP(=O)(O)OCC[N+](C)(C)C. The van der Waals surface area contributed by atoms with E-state index in [1.165, 1.54) is 103 Å². The van der Waals surface area contributed by atoms with Crippen molar-refractivity contribution in [2.75, 3.05) is 47.5 Å². The van der Waals surface area contributed by atoms with Crippen LogP contribution in [0.3, 0.4) is 0 Å². The maximum absolute atomic E-state index is 12.6. The Labute approximate surface area is 283 Å². The zero-order chi connectivity index (χ0) is 34.4. The van der Waals surface area contributed by atoms with Gasteiger partial charge in [-0.05, 0) is 12.8 Å². The van der Waals surface area contributed by atoms with E-state index >= 15 is 0 Å². The van der Waals surface area contributed by atoms with Gasteiger partial charge in [0.2, 0.25) is 0 Å². The van der Waals surface area contributed by atoms with Crippen molar-refractivity contribution in [2.45, 2.75) is 174 Å². The summed E-state index contributed by atoms with van der Waals surface area (Å²) in [7, 11) is 1.39. The topological polar surface area (TPSA) is 108 Å². The second-order valence-electron chi connectivity index (χ2n) is 14.0. The molecule has 0 fully saturated rings. The average molecular weight is 679 g/mol. The van der Waals surface area contributed by atoms with Crippen molar-refractivity contribution in [1.29, 1.82) is 0 Å². The number of hydrogen-bond acceptors (Lipinski definition) is 7. The molecule has 0 bridgehead atoms. The van der Waals surface area contributed by atoms with Gasteiger partial charge in [-0.3, -0.25) is 18.6 Å². The molecule has 0 aliphatic carbocycles. The third-order valence-electron chi connectivity index (χ3n) is 8.13. The van der Waals surface area contributed by atoms with E-state index in [0.29, 0.717) is 11.0 Å².